The lowest BCUT2D eigenvalue weighted by atomic mass is 9.97. The largest absolute Gasteiger partial charge is 0.462 e. The summed E-state index contributed by atoms with van der Waals surface area (Å²) in [7, 11) is 0. The predicted molar refractivity (Wildman–Crippen MR) is 183 cm³/mol. The summed E-state index contributed by atoms with van der Waals surface area (Å²) in [6.07, 6.45) is 5.05. The molecule has 3 aromatic carbocycles. The first-order valence-electron chi connectivity index (χ1n) is 17.1. The molecule has 3 aromatic rings. The minimum absolute atomic E-state index is 0.000262. The molecule has 10 nitrogen and oxygen atoms in total. The van der Waals surface area contributed by atoms with Crippen LogP contribution in [0.2, 0.25) is 0 Å². The van der Waals surface area contributed by atoms with Crippen LogP contribution in [0.3, 0.4) is 0 Å². The molecule has 1 aliphatic carbocycles. The minimum Gasteiger partial charge on any atom is -0.462 e. The fraction of sp³-hybridized carbons (Fsp3) is 0.385. The highest BCUT2D eigenvalue weighted by Crippen LogP contribution is 2.44. The number of ether oxygens (including phenoxy) is 2. The number of rotatable bonds is 9. The van der Waals surface area contributed by atoms with Crippen LogP contribution in [0.5, 0.6) is 0 Å². The third-order valence-corrected chi connectivity index (χ3v) is 9.65. The number of alkyl carbamates (subject to hydrolysis) is 1. The van der Waals surface area contributed by atoms with Crippen molar-refractivity contribution in [3.63, 3.8) is 0 Å². The molecule has 0 unspecified atom stereocenters. The first-order valence-corrected chi connectivity index (χ1v) is 17.1. The monoisotopic (exact) mass is 665 g/mol. The number of fused-ring (bicyclic) bond motifs is 4. The third kappa shape index (κ3) is 8.20. The first-order chi connectivity index (χ1) is 23.9. The van der Waals surface area contributed by atoms with E-state index in [0.29, 0.717) is 19.4 Å². The van der Waals surface area contributed by atoms with E-state index >= 15 is 0 Å². The number of allylic oxidation sites excluding steroid dienone is 1. The van der Waals surface area contributed by atoms with E-state index in [-0.39, 0.29) is 62.9 Å². The molecule has 6 rings (SSSR count). The lowest BCUT2D eigenvalue weighted by Crippen LogP contribution is -2.46. The maximum absolute atomic E-state index is 13.7. The second kappa shape index (κ2) is 16.0. The van der Waals surface area contributed by atoms with Gasteiger partial charge in [0.15, 0.2) is 0 Å². The Labute approximate surface area is 286 Å². The number of cyclic esters (lactones) is 1. The van der Waals surface area contributed by atoms with Gasteiger partial charge >= 0.3 is 12.1 Å². The van der Waals surface area contributed by atoms with Crippen molar-refractivity contribution in [2.45, 2.75) is 62.6 Å². The molecule has 4 atom stereocenters. The molecular formula is C39H43N3O7. The molecule has 1 saturated heterocycles. The highest BCUT2D eigenvalue weighted by Gasteiger charge is 2.36. The molecule has 0 radical (unpaired) electrons. The van der Waals surface area contributed by atoms with Gasteiger partial charge in [0.05, 0.1) is 24.6 Å². The van der Waals surface area contributed by atoms with Gasteiger partial charge in [-0.2, -0.15) is 0 Å². The molecule has 0 bridgehead atoms. The van der Waals surface area contributed by atoms with Crippen LogP contribution in [0.25, 0.3) is 11.1 Å². The van der Waals surface area contributed by atoms with Gasteiger partial charge in [0.2, 0.25) is 11.8 Å². The number of benzene rings is 3. The Balaban J connectivity index is 1.09. The maximum Gasteiger partial charge on any atom is 0.407 e. The summed E-state index contributed by atoms with van der Waals surface area (Å²) in [6, 6.07) is 24.0. The Morgan fingerprint density at radius 3 is 2.31 bits per heavy atom. The first kappa shape index (κ1) is 33.9. The standard InChI is InChI=1S/C39H43N3O7/c43-23-28(21-26-11-2-1-3-12-26)40-36(44)22-27-13-4-9-19-35(38(46)48-24-29-14-10-20-42(29)37(27)45)41-39(47)49-25-34-32-17-7-5-15-30(32)31-16-6-8-18-33(31)34/h1-9,11-12,15-18,27-29,34-35,43H,10,13-14,19-25H2,(H,40,44)(H,41,47)/b9-4+/t27-,28+,29+,35+/m1/s1. The molecule has 3 aliphatic rings. The van der Waals surface area contributed by atoms with Crippen LogP contribution in [0.1, 0.15) is 54.7 Å². The fourth-order valence-electron chi connectivity index (χ4n) is 7.14. The number of nitrogens with zero attached hydrogens (tertiary/aromatic N) is 1. The number of hydrogen-bond donors (Lipinski definition) is 3. The summed E-state index contributed by atoms with van der Waals surface area (Å²) in [5, 5.41) is 15.5. The highest BCUT2D eigenvalue weighted by atomic mass is 16.6. The number of esters is 1. The zero-order chi connectivity index (χ0) is 34.2. The topological polar surface area (TPSA) is 134 Å². The van der Waals surface area contributed by atoms with Crippen molar-refractivity contribution in [1.82, 2.24) is 15.5 Å². The molecule has 2 aliphatic heterocycles. The van der Waals surface area contributed by atoms with Gasteiger partial charge in [0.1, 0.15) is 19.3 Å². The number of carbonyl (C=O) groups excluding carboxylic acids is 4. The Kier molecular flexibility index (Phi) is 11.0. The van der Waals surface area contributed by atoms with Crippen molar-refractivity contribution in [1.29, 1.82) is 0 Å². The fourth-order valence-corrected chi connectivity index (χ4v) is 7.14. The highest BCUT2D eigenvalue weighted by molar-refractivity contribution is 5.87. The molecule has 2 heterocycles. The Morgan fingerprint density at radius 2 is 1.59 bits per heavy atom. The van der Waals surface area contributed by atoms with Crippen molar-refractivity contribution in [2.24, 2.45) is 5.92 Å². The zero-order valence-corrected chi connectivity index (χ0v) is 27.5. The van der Waals surface area contributed by atoms with Crippen LogP contribution >= 0.6 is 0 Å². The van der Waals surface area contributed by atoms with E-state index in [1.165, 1.54) is 0 Å². The number of aliphatic hydroxyl groups excluding tert-OH is 1. The summed E-state index contributed by atoms with van der Waals surface area (Å²) < 4.78 is 11.3. The smallest absolute Gasteiger partial charge is 0.407 e. The van der Waals surface area contributed by atoms with Gasteiger partial charge in [-0.3, -0.25) is 9.59 Å². The lowest BCUT2D eigenvalue weighted by molar-refractivity contribution is -0.150. The SMILES string of the molecule is O=C(C[C@H]1C/C=C/C[C@H](NC(=O)OCC2c3ccccc3-c3ccccc32)C(=O)OC[C@@H]2CCCN2C1=O)N[C@H](CO)Cc1ccccc1. The van der Waals surface area contributed by atoms with Gasteiger partial charge in [-0.1, -0.05) is 91.0 Å². The third-order valence-electron chi connectivity index (χ3n) is 9.65. The van der Waals surface area contributed by atoms with Crippen molar-refractivity contribution in [3.05, 3.63) is 108 Å². The molecule has 10 heteroatoms. The minimum atomic E-state index is -0.984. The van der Waals surface area contributed by atoms with Gasteiger partial charge in [0.25, 0.3) is 0 Å². The quantitative estimate of drug-likeness (QED) is 0.226. The summed E-state index contributed by atoms with van der Waals surface area (Å²) >= 11 is 0. The van der Waals surface area contributed by atoms with Crippen LogP contribution in [0, 0.1) is 5.92 Å². The van der Waals surface area contributed by atoms with Crippen LogP contribution in [-0.4, -0.2) is 78.4 Å². The summed E-state index contributed by atoms with van der Waals surface area (Å²) in [4.78, 5) is 54.8. The van der Waals surface area contributed by atoms with E-state index in [1.54, 1.807) is 17.1 Å². The molecule has 0 saturated carbocycles. The van der Waals surface area contributed by atoms with E-state index in [2.05, 4.69) is 22.8 Å². The average Bonchev–Trinajstić information content (AvgIpc) is 3.72. The van der Waals surface area contributed by atoms with E-state index in [1.807, 2.05) is 66.7 Å². The second-order valence-electron chi connectivity index (χ2n) is 13.0. The van der Waals surface area contributed by atoms with Crippen LogP contribution in [0.15, 0.2) is 91.0 Å². The van der Waals surface area contributed by atoms with Gasteiger partial charge in [-0.15, -0.1) is 0 Å². The molecular weight excluding hydrogens is 622 g/mol. The summed E-state index contributed by atoms with van der Waals surface area (Å²) in [5.74, 6) is -1.81. The molecule has 0 spiro atoms. The Hall–Kier alpha value is -4.96. The molecule has 49 heavy (non-hydrogen) atoms. The maximum atomic E-state index is 13.7. The van der Waals surface area contributed by atoms with Crippen LogP contribution in [0.4, 0.5) is 4.79 Å². The zero-order valence-electron chi connectivity index (χ0n) is 27.5. The molecule has 3 amide bonds. The number of hydrogen-bond acceptors (Lipinski definition) is 7. The van der Waals surface area contributed by atoms with Crippen LogP contribution < -0.4 is 10.6 Å². The number of nitrogens with one attached hydrogen (secondary N) is 2. The van der Waals surface area contributed by atoms with E-state index in [9.17, 15) is 24.3 Å². The van der Waals surface area contributed by atoms with Crippen molar-refractivity contribution >= 4 is 23.9 Å². The summed E-state index contributed by atoms with van der Waals surface area (Å²) in [6.45, 7) is 0.400. The Morgan fingerprint density at radius 1 is 0.918 bits per heavy atom. The molecule has 3 N–H and O–H groups in total. The van der Waals surface area contributed by atoms with E-state index < -0.39 is 30.1 Å². The van der Waals surface area contributed by atoms with E-state index in [4.69, 9.17) is 9.47 Å². The van der Waals surface area contributed by atoms with Gasteiger partial charge in [-0.05, 0) is 59.9 Å². The number of carbonyl (C=O) groups is 4. The normalized spacial score (nSPS) is 22.0. The van der Waals surface area contributed by atoms with Crippen molar-refractivity contribution in [2.75, 3.05) is 26.4 Å². The molecule has 0 aromatic heterocycles. The Bertz CT molecular complexity index is 1630. The second-order valence-corrected chi connectivity index (χ2v) is 13.0. The molecule has 1 fully saturated rings. The predicted octanol–water partition coefficient (Wildman–Crippen LogP) is 4.50. The number of aliphatic hydroxyl groups is 1. The lowest BCUT2D eigenvalue weighted by Gasteiger charge is -2.29. The van der Waals surface area contributed by atoms with E-state index in [0.717, 1.165) is 34.2 Å². The van der Waals surface area contributed by atoms with Gasteiger partial charge in [0, 0.05) is 18.9 Å². The van der Waals surface area contributed by atoms with Gasteiger partial charge in [-0.25, -0.2) is 9.59 Å². The summed E-state index contributed by atoms with van der Waals surface area (Å²) in [5.41, 5.74) is 5.41. The van der Waals surface area contributed by atoms with Crippen molar-refractivity contribution < 1.29 is 33.8 Å². The van der Waals surface area contributed by atoms with Gasteiger partial charge < -0.3 is 30.1 Å². The van der Waals surface area contributed by atoms with Crippen LogP contribution in [-0.2, 0) is 30.3 Å². The number of amides is 3. The van der Waals surface area contributed by atoms with Crippen molar-refractivity contribution in [3.8, 4) is 11.1 Å². The molecule has 256 valence electrons. The average molecular weight is 666 g/mol.